The van der Waals surface area contributed by atoms with E-state index in [1.54, 1.807) is 0 Å². The summed E-state index contributed by atoms with van der Waals surface area (Å²) >= 11 is 0. The molecule has 1 aromatic carbocycles. The highest BCUT2D eigenvalue weighted by Gasteiger charge is 2.06. The Morgan fingerprint density at radius 1 is 0.941 bits per heavy atom. The fraction of sp³-hybridized carbons (Fsp3) is 0.562. The van der Waals surface area contributed by atoms with Crippen molar-refractivity contribution in [3.8, 4) is 0 Å². The fourth-order valence-corrected chi connectivity index (χ4v) is 1.79. The molecule has 17 heavy (non-hydrogen) atoms. The van der Waals surface area contributed by atoms with Gasteiger partial charge in [0, 0.05) is 5.71 Å². The Hall–Kier alpha value is -1.11. The van der Waals surface area contributed by atoms with Crippen LogP contribution in [0.4, 0.5) is 5.69 Å². The van der Waals surface area contributed by atoms with E-state index < -0.39 is 0 Å². The molecular formula is C16H27N. The summed E-state index contributed by atoms with van der Waals surface area (Å²) in [5, 5.41) is 0. The molecule has 0 amide bonds. The van der Waals surface area contributed by atoms with Crippen molar-refractivity contribution in [1.82, 2.24) is 0 Å². The molecule has 0 unspecified atom stereocenters. The average Bonchev–Trinajstić information content (AvgIpc) is 2.54. The Morgan fingerprint density at radius 2 is 1.59 bits per heavy atom. The molecule has 0 saturated carbocycles. The highest BCUT2D eigenvalue weighted by molar-refractivity contribution is 5.85. The van der Waals surface area contributed by atoms with E-state index in [1.165, 1.54) is 35.4 Å². The molecule has 0 N–H and O–H groups in total. The van der Waals surface area contributed by atoms with Crippen molar-refractivity contribution in [3.63, 3.8) is 0 Å². The third-order valence-corrected chi connectivity index (χ3v) is 2.54. The third-order valence-electron chi connectivity index (χ3n) is 2.54. The first-order valence-corrected chi connectivity index (χ1v) is 6.89. The SMILES string of the molecule is CC.CC.CC1=Nc2cc(C)ccc2CCC1. The van der Waals surface area contributed by atoms with E-state index in [0.717, 1.165) is 6.42 Å². The lowest BCUT2D eigenvalue weighted by Gasteiger charge is -2.02. The molecular weight excluding hydrogens is 206 g/mol. The molecule has 0 fully saturated rings. The molecule has 96 valence electrons. The smallest absolute Gasteiger partial charge is 0.0663 e. The van der Waals surface area contributed by atoms with Gasteiger partial charge in [-0.1, -0.05) is 39.8 Å². The van der Waals surface area contributed by atoms with Crippen LogP contribution >= 0.6 is 0 Å². The summed E-state index contributed by atoms with van der Waals surface area (Å²) < 4.78 is 0. The molecule has 0 aliphatic carbocycles. The molecule has 1 heterocycles. The van der Waals surface area contributed by atoms with E-state index in [9.17, 15) is 0 Å². The number of nitrogens with zero attached hydrogens (tertiary/aromatic N) is 1. The normalized spacial score (nSPS) is 12.9. The number of fused-ring (bicyclic) bond motifs is 1. The van der Waals surface area contributed by atoms with Crippen LogP contribution in [0.5, 0.6) is 0 Å². The number of hydrogen-bond donors (Lipinski definition) is 0. The minimum Gasteiger partial charge on any atom is -0.258 e. The van der Waals surface area contributed by atoms with Crippen LogP contribution in [0.3, 0.4) is 0 Å². The van der Waals surface area contributed by atoms with Crippen molar-refractivity contribution in [2.75, 3.05) is 0 Å². The van der Waals surface area contributed by atoms with Gasteiger partial charge in [-0.25, -0.2) is 0 Å². The quantitative estimate of drug-likeness (QED) is 0.563. The zero-order chi connectivity index (χ0) is 13.3. The first kappa shape index (κ1) is 15.9. The van der Waals surface area contributed by atoms with Gasteiger partial charge in [0.05, 0.1) is 5.69 Å². The second-order valence-corrected chi connectivity index (χ2v) is 3.83. The molecule has 1 nitrogen and oxygen atoms in total. The fourth-order valence-electron chi connectivity index (χ4n) is 1.79. The Balaban J connectivity index is 0.000000581. The van der Waals surface area contributed by atoms with Crippen molar-refractivity contribution < 1.29 is 0 Å². The summed E-state index contributed by atoms with van der Waals surface area (Å²) in [6, 6.07) is 6.58. The Kier molecular flexibility index (Phi) is 8.39. The Labute approximate surface area is 107 Å². The van der Waals surface area contributed by atoms with Gasteiger partial charge in [-0.2, -0.15) is 0 Å². The van der Waals surface area contributed by atoms with Crippen LogP contribution in [0.25, 0.3) is 0 Å². The lowest BCUT2D eigenvalue weighted by molar-refractivity contribution is 0.876. The van der Waals surface area contributed by atoms with Gasteiger partial charge in [0.25, 0.3) is 0 Å². The molecule has 1 aromatic rings. The van der Waals surface area contributed by atoms with Gasteiger partial charge in [-0.15, -0.1) is 0 Å². The standard InChI is InChI=1S/C12H15N.2C2H6/c1-9-6-7-11-5-3-4-10(2)13-12(11)8-9;2*1-2/h6-8H,3-5H2,1-2H3;2*1-2H3. The predicted octanol–water partition coefficient (Wildman–Crippen LogP) is 5.48. The molecule has 1 aliphatic rings. The maximum absolute atomic E-state index is 4.62. The van der Waals surface area contributed by atoms with E-state index in [-0.39, 0.29) is 0 Å². The topological polar surface area (TPSA) is 12.4 Å². The molecule has 1 heteroatoms. The summed E-state index contributed by atoms with van der Waals surface area (Å²) in [6.45, 7) is 12.2. The molecule has 0 atom stereocenters. The van der Waals surface area contributed by atoms with Crippen molar-refractivity contribution in [2.45, 2.75) is 60.8 Å². The minimum absolute atomic E-state index is 1.15. The van der Waals surface area contributed by atoms with Crippen molar-refractivity contribution in [1.29, 1.82) is 0 Å². The zero-order valence-electron chi connectivity index (χ0n) is 12.3. The van der Waals surface area contributed by atoms with Gasteiger partial charge in [0.1, 0.15) is 0 Å². The number of aliphatic imine (C=N–C) groups is 1. The summed E-state index contributed by atoms with van der Waals surface area (Å²) in [4.78, 5) is 4.62. The second-order valence-electron chi connectivity index (χ2n) is 3.83. The molecule has 0 saturated heterocycles. The summed E-state index contributed by atoms with van der Waals surface area (Å²) in [5.74, 6) is 0. The van der Waals surface area contributed by atoms with Crippen LogP contribution in [-0.4, -0.2) is 5.71 Å². The lowest BCUT2D eigenvalue weighted by Crippen LogP contribution is -1.87. The van der Waals surface area contributed by atoms with Gasteiger partial charge >= 0.3 is 0 Å². The van der Waals surface area contributed by atoms with Gasteiger partial charge < -0.3 is 0 Å². The van der Waals surface area contributed by atoms with Crippen LogP contribution in [-0.2, 0) is 6.42 Å². The van der Waals surface area contributed by atoms with Gasteiger partial charge in [-0.05, 0) is 50.3 Å². The van der Waals surface area contributed by atoms with Crippen LogP contribution in [0.2, 0.25) is 0 Å². The molecule has 0 bridgehead atoms. The minimum atomic E-state index is 1.15. The van der Waals surface area contributed by atoms with E-state index in [0.29, 0.717) is 0 Å². The van der Waals surface area contributed by atoms with Gasteiger partial charge in [0.2, 0.25) is 0 Å². The molecule has 1 aliphatic heterocycles. The maximum Gasteiger partial charge on any atom is 0.0663 e. The zero-order valence-corrected chi connectivity index (χ0v) is 12.3. The van der Waals surface area contributed by atoms with E-state index in [2.05, 4.69) is 37.0 Å². The van der Waals surface area contributed by atoms with Crippen molar-refractivity contribution in [2.24, 2.45) is 4.99 Å². The van der Waals surface area contributed by atoms with Crippen molar-refractivity contribution >= 4 is 11.4 Å². The summed E-state index contributed by atoms with van der Waals surface area (Å²) in [6.07, 6.45) is 3.57. The van der Waals surface area contributed by atoms with Crippen LogP contribution in [0.15, 0.2) is 23.2 Å². The number of rotatable bonds is 0. The monoisotopic (exact) mass is 233 g/mol. The number of aryl methyl sites for hydroxylation is 2. The number of hydrogen-bond acceptors (Lipinski definition) is 1. The summed E-state index contributed by atoms with van der Waals surface area (Å²) in [7, 11) is 0. The maximum atomic E-state index is 4.62. The van der Waals surface area contributed by atoms with Crippen molar-refractivity contribution in [3.05, 3.63) is 29.3 Å². The van der Waals surface area contributed by atoms with E-state index in [4.69, 9.17) is 0 Å². The first-order chi connectivity index (χ1) is 8.25. The van der Waals surface area contributed by atoms with Gasteiger partial charge in [-0.3, -0.25) is 4.99 Å². The lowest BCUT2D eigenvalue weighted by atomic mass is 10.1. The van der Waals surface area contributed by atoms with Gasteiger partial charge in [0.15, 0.2) is 0 Å². The van der Waals surface area contributed by atoms with Crippen LogP contribution < -0.4 is 0 Å². The second kappa shape index (κ2) is 8.98. The Morgan fingerprint density at radius 3 is 2.24 bits per heavy atom. The van der Waals surface area contributed by atoms with E-state index >= 15 is 0 Å². The third kappa shape index (κ3) is 5.16. The molecule has 0 spiro atoms. The molecule has 0 radical (unpaired) electrons. The molecule has 0 aromatic heterocycles. The Bertz CT molecular complexity index is 351. The van der Waals surface area contributed by atoms with E-state index in [1.807, 2.05) is 27.7 Å². The highest BCUT2D eigenvalue weighted by atomic mass is 14.7. The number of benzene rings is 1. The largest absolute Gasteiger partial charge is 0.258 e. The highest BCUT2D eigenvalue weighted by Crippen LogP contribution is 2.25. The summed E-state index contributed by atoms with van der Waals surface area (Å²) in [5.41, 5.74) is 5.17. The average molecular weight is 233 g/mol. The predicted molar refractivity (Wildman–Crippen MR) is 79.6 cm³/mol. The molecule has 2 rings (SSSR count). The van der Waals surface area contributed by atoms with Crippen LogP contribution in [0.1, 0.15) is 58.6 Å². The first-order valence-electron chi connectivity index (χ1n) is 6.89. The van der Waals surface area contributed by atoms with Crippen LogP contribution in [0, 0.1) is 6.92 Å².